The van der Waals surface area contributed by atoms with Gasteiger partial charge in [-0.25, -0.2) is 14.5 Å². The molecule has 1 unspecified atom stereocenters. The second-order valence-electron chi connectivity index (χ2n) is 7.57. The fourth-order valence-electron chi connectivity index (χ4n) is 2.90. The number of ether oxygens (including phenoxy) is 1. The number of Topliss-reactive ketones (excluding diaryl/α,β-unsaturated/α-hetero) is 1. The first-order chi connectivity index (χ1) is 12.7. The predicted octanol–water partition coefficient (Wildman–Crippen LogP) is 1.32. The topological polar surface area (TPSA) is 110 Å². The summed E-state index contributed by atoms with van der Waals surface area (Å²) in [6.45, 7) is 6.18. The van der Waals surface area contributed by atoms with Gasteiger partial charge in [-0.2, -0.15) is 5.10 Å². The van der Waals surface area contributed by atoms with Crippen LogP contribution in [0.1, 0.15) is 32.8 Å². The highest BCUT2D eigenvalue weighted by Gasteiger charge is 2.33. The van der Waals surface area contributed by atoms with Gasteiger partial charge in [-0.15, -0.1) is 0 Å². The van der Waals surface area contributed by atoms with Crippen LogP contribution < -0.4 is 5.56 Å². The van der Waals surface area contributed by atoms with E-state index in [-0.39, 0.29) is 29.6 Å². The van der Waals surface area contributed by atoms with Gasteiger partial charge < -0.3 is 9.64 Å². The molecule has 27 heavy (non-hydrogen) atoms. The molecule has 3 rings (SSSR count). The average Bonchev–Trinajstić information content (AvgIpc) is 3.27. The van der Waals surface area contributed by atoms with Crippen molar-refractivity contribution in [3.63, 3.8) is 0 Å². The quantitative estimate of drug-likeness (QED) is 0.865. The molecule has 0 spiro atoms. The van der Waals surface area contributed by atoms with Gasteiger partial charge in [0.1, 0.15) is 11.4 Å². The van der Waals surface area contributed by atoms with Crippen molar-refractivity contribution in [1.82, 2.24) is 24.6 Å². The van der Waals surface area contributed by atoms with Crippen LogP contribution in [0.3, 0.4) is 0 Å². The molecule has 0 radical (unpaired) electrons. The smallest absolute Gasteiger partial charge is 0.410 e. The molecule has 1 aliphatic rings. The highest BCUT2D eigenvalue weighted by atomic mass is 16.6. The minimum absolute atomic E-state index is 0.0193. The molecule has 9 heteroatoms. The molecule has 0 saturated carbocycles. The molecule has 144 valence electrons. The van der Waals surface area contributed by atoms with Crippen molar-refractivity contribution in [1.29, 1.82) is 0 Å². The minimum atomic E-state index is -0.575. The summed E-state index contributed by atoms with van der Waals surface area (Å²) in [5, 5.41) is 4.00. The summed E-state index contributed by atoms with van der Waals surface area (Å²) in [6, 6.07) is 1.72. The van der Waals surface area contributed by atoms with Crippen molar-refractivity contribution in [2.75, 3.05) is 13.1 Å². The lowest BCUT2D eigenvalue weighted by molar-refractivity contribution is -0.121. The number of likely N-dealkylation sites (tertiary alicyclic amines) is 1. The van der Waals surface area contributed by atoms with Gasteiger partial charge in [0.05, 0.1) is 0 Å². The number of aromatic amines is 1. The number of hydrogen-bond acceptors (Lipinski definition) is 6. The Labute approximate surface area is 156 Å². The van der Waals surface area contributed by atoms with Crippen LogP contribution in [0, 0.1) is 5.92 Å². The summed E-state index contributed by atoms with van der Waals surface area (Å²) >= 11 is 0. The zero-order valence-electron chi connectivity index (χ0n) is 15.6. The molecule has 3 heterocycles. The van der Waals surface area contributed by atoms with Gasteiger partial charge in [0.2, 0.25) is 5.95 Å². The third-order valence-corrected chi connectivity index (χ3v) is 4.24. The average molecular weight is 373 g/mol. The Kier molecular flexibility index (Phi) is 5.11. The van der Waals surface area contributed by atoms with Gasteiger partial charge in [-0.05, 0) is 33.3 Å². The third kappa shape index (κ3) is 4.60. The van der Waals surface area contributed by atoms with Gasteiger partial charge >= 0.3 is 6.09 Å². The van der Waals surface area contributed by atoms with E-state index in [1.165, 1.54) is 15.8 Å². The number of carbonyl (C=O) groups is 2. The number of rotatable bonds is 4. The van der Waals surface area contributed by atoms with E-state index in [9.17, 15) is 14.4 Å². The Morgan fingerprint density at radius 1 is 1.37 bits per heavy atom. The van der Waals surface area contributed by atoms with E-state index in [2.05, 4.69) is 15.1 Å². The zero-order chi connectivity index (χ0) is 19.6. The lowest BCUT2D eigenvalue weighted by atomic mass is 9.98. The molecule has 1 saturated heterocycles. The molecule has 1 aliphatic heterocycles. The molecule has 1 N–H and O–H groups in total. The first-order valence-corrected chi connectivity index (χ1v) is 8.82. The van der Waals surface area contributed by atoms with Gasteiger partial charge in [0.15, 0.2) is 0 Å². The normalized spacial score (nSPS) is 17.1. The van der Waals surface area contributed by atoms with E-state index >= 15 is 0 Å². The summed E-state index contributed by atoms with van der Waals surface area (Å²) in [7, 11) is 0. The largest absolute Gasteiger partial charge is 0.444 e. The molecule has 1 atom stereocenters. The summed E-state index contributed by atoms with van der Waals surface area (Å²) in [4.78, 5) is 45.2. The Morgan fingerprint density at radius 2 is 2.15 bits per heavy atom. The fraction of sp³-hybridized carbons (Fsp3) is 0.500. The van der Waals surface area contributed by atoms with E-state index in [0.29, 0.717) is 25.1 Å². The maximum Gasteiger partial charge on any atom is 0.410 e. The van der Waals surface area contributed by atoms with Crippen LogP contribution in [0.2, 0.25) is 0 Å². The number of nitrogens with zero attached hydrogens (tertiary/aromatic N) is 4. The molecule has 0 aliphatic carbocycles. The van der Waals surface area contributed by atoms with Gasteiger partial charge in [0, 0.05) is 49.6 Å². The second-order valence-corrected chi connectivity index (χ2v) is 7.57. The molecule has 1 fully saturated rings. The van der Waals surface area contributed by atoms with Gasteiger partial charge in [-0.3, -0.25) is 14.6 Å². The lowest BCUT2D eigenvalue weighted by Crippen LogP contribution is -2.36. The van der Waals surface area contributed by atoms with Crippen LogP contribution >= 0.6 is 0 Å². The van der Waals surface area contributed by atoms with E-state index < -0.39 is 11.7 Å². The molecular formula is C18H23N5O4. The van der Waals surface area contributed by atoms with E-state index in [0.717, 1.165) is 0 Å². The Hall–Kier alpha value is -2.97. The maximum absolute atomic E-state index is 12.6. The molecule has 0 bridgehead atoms. The molecule has 9 nitrogen and oxygen atoms in total. The monoisotopic (exact) mass is 373 g/mol. The number of aromatic nitrogens is 4. The summed E-state index contributed by atoms with van der Waals surface area (Å²) < 4.78 is 6.77. The van der Waals surface area contributed by atoms with E-state index in [4.69, 9.17) is 4.74 Å². The minimum Gasteiger partial charge on any atom is -0.444 e. The van der Waals surface area contributed by atoms with Crippen LogP contribution in [0.5, 0.6) is 0 Å². The standard InChI is InChI=1S/C18H23N5O4/c1-18(2,3)27-17(26)22-8-5-12(11-22)14(24)9-13-10-19-16(21-15(13)25)23-7-4-6-20-23/h4,6-7,10,12H,5,8-9,11H2,1-3H3,(H,19,21,25). The van der Waals surface area contributed by atoms with Crippen molar-refractivity contribution in [3.05, 3.63) is 40.6 Å². The van der Waals surface area contributed by atoms with Crippen LogP contribution in [0.25, 0.3) is 5.95 Å². The fourth-order valence-corrected chi connectivity index (χ4v) is 2.90. The van der Waals surface area contributed by atoms with Crippen molar-refractivity contribution < 1.29 is 14.3 Å². The number of hydrogen-bond donors (Lipinski definition) is 1. The molecule has 0 aromatic carbocycles. The molecule has 2 aromatic rings. The lowest BCUT2D eigenvalue weighted by Gasteiger charge is -2.24. The zero-order valence-corrected chi connectivity index (χ0v) is 15.6. The highest BCUT2D eigenvalue weighted by molar-refractivity contribution is 5.84. The van der Waals surface area contributed by atoms with Gasteiger partial charge in [0.25, 0.3) is 5.56 Å². The van der Waals surface area contributed by atoms with Crippen molar-refractivity contribution in [2.45, 2.75) is 39.2 Å². The Morgan fingerprint density at radius 3 is 2.78 bits per heavy atom. The number of ketones is 1. The van der Waals surface area contributed by atoms with Crippen LogP contribution in [0.15, 0.2) is 29.5 Å². The molecule has 1 amide bonds. The van der Waals surface area contributed by atoms with E-state index in [1.807, 2.05) is 0 Å². The Bertz CT molecular complexity index is 882. The van der Waals surface area contributed by atoms with Crippen LogP contribution in [0.4, 0.5) is 4.79 Å². The SMILES string of the molecule is CC(C)(C)OC(=O)N1CCC(C(=O)Cc2cnc(-n3cccn3)[nH]c2=O)C1. The number of H-pyrrole nitrogens is 1. The molecule has 2 aromatic heterocycles. The number of amides is 1. The first kappa shape index (κ1) is 18.8. The van der Waals surface area contributed by atoms with Gasteiger partial charge in [-0.1, -0.05) is 0 Å². The Balaban J connectivity index is 1.61. The number of nitrogens with one attached hydrogen (secondary N) is 1. The first-order valence-electron chi connectivity index (χ1n) is 8.82. The van der Waals surface area contributed by atoms with E-state index in [1.54, 1.807) is 39.2 Å². The van der Waals surface area contributed by atoms with Crippen molar-refractivity contribution >= 4 is 11.9 Å². The number of carbonyl (C=O) groups excluding carboxylic acids is 2. The summed E-state index contributed by atoms with van der Waals surface area (Å²) in [5.74, 6) is -0.0962. The predicted molar refractivity (Wildman–Crippen MR) is 96.6 cm³/mol. The highest BCUT2D eigenvalue weighted by Crippen LogP contribution is 2.21. The second kappa shape index (κ2) is 7.34. The van der Waals surface area contributed by atoms with Crippen molar-refractivity contribution in [3.8, 4) is 5.95 Å². The van der Waals surface area contributed by atoms with Crippen LogP contribution in [-0.2, 0) is 16.0 Å². The van der Waals surface area contributed by atoms with Crippen LogP contribution in [-0.4, -0.2) is 55.2 Å². The summed E-state index contributed by atoms with van der Waals surface area (Å²) in [5.41, 5.74) is -0.647. The maximum atomic E-state index is 12.6. The molecular weight excluding hydrogens is 350 g/mol. The summed E-state index contributed by atoms with van der Waals surface area (Å²) in [6.07, 6.45) is 4.76. The van der Waals surface area contributed by atoms with Crippen molar-refractivity contribution in [2.24, 2.45) is 5.92 Å². The third-order valence-electron chi connectivity index (χ3n) is 4.24.